The van der Waals surface area contributed by atoms with Crippen molar-refractivity contribution in [2.24, 2.45) is 0 Å². The Morgan fingerprint density at radius 3 is 2.57 bits per heavy atom. The van der Waals surface area contributed by atoms with Gasteiger partial charge in [0.15, 0.2) is 0 Å². The Morgan fingerprint density at radius 1 is 1.13 bits per heavy atom. The van der Waals surface area contributed by atoms with E-state index in [0.29, 0.717) is 11.1 Å². The van der Waals surface area contributed by atoms with Gasteiger partial charge < -0.3 is 15.2 Å². The van der Waals surface area contributed by atoms with E-state index in [4.69, 9.17) is 0 Å². The largest absolute Gasteiger partial charge is 0.434 e. The van der Waals surface area contributed by atoms with Crippen LogP contribution in [0.3, 0.4) is 0 Å². The molecule has 0 amide bonds. The highest BCUT2D eigenvalue weighted by Gasteiger charge is 2.14. The molecule has 0 saturated heterocycles. The molecule has 2 aromatic rings. The first-order chi connectivity index (χ1) is 11.0. The van der Waals surface area contributed by atoms with Crippen LogP contribution >= 0.6 is 0 Å². The minimum atomic E-state index is -2.90. The maximum atomic E-state index is 13.6. The lowest BCUT2D eigenvalue weighted by atomic mass is 10.1. The van der Waals surface area contributed by atoms with Gasteiger partial charge in [0.2, 0.25) is 0 Å². The lowest BCUT2D eigenvalue weighted by molar-refractivity contribution is -0.0509. The van der Waals surface area contributed by atoms with Gasteiger partial charge in [0.25, 0.3) is 0 Å². The normalized spacial score (nSPS) is 12.4. The van der Waals surface area contributed by atoms with Crippen LogP contribution in [0.1, 0.15) is 22.8 Å². The van der Waals surface area contributed by atoms with E-state index in [-0.39, 0.29) is 24.4 Å². The summed E-state index contributed by atoms with van der Waals surface area (Å²) in [6, 6.07) is 11.0. The maximum Gasteiger partial charge on any atom is 0.387 e. The van der Waals surface area contributed by atoms with Crippen molar-refractivity contribution < 1.29 is 23.0 Å². The highest BCUT2D eigenvalue weighted by Crippen LogP contribution is 2.25. The molecule has 0 heterocycles. The second kappa shape index (κ2) is 7.99. The van der Waals surface area contributed by atoms with Gasteiger partial charge in [-0.3, -0.25) is 0 Å². The van der Waals surface area contributed by atoms with Gasteiger partial charge in [-0.1, -0.05) is 36.4 Å². The van der Waals surface area contributed by atoms with Crippen LogP contribution in [-0.4, -0.2) is 18.3 Å². The fourth-order valence-electron chi connectivity index (χ4n) is 2.31. The fourth-order valence-corrected chi connectivity index (χ4v) is 2.31. The Hall–Kier alpha value is -2.05. The van der Waals surface area contributed by atoms with Crippen molar-refractivity contribution in [3.8, 4) is 5.75 Å². The molecule has 0 spiro atoms. The number of alkyl halides is 2. The summed E-state index contributed by atoms with van der Waals surface area (Å²) in [5.74, 6) is -0.366. The number of aliphatic hydroxyl groups is 1. The van der Waals surface area contributed by atoms with Crippen molar-refractivity contribution in [2.45, 2.75) is 26.2 Å². The zero-order chi connectivity index (χ0) is 16.8. The van der Waals surface area contributed by atoms with Gasteiger partial charge in [-0.05, 0) is 18.6 Å². The predicted molar refractivity (Wildman–Crippen MR) is 80.9 cm³/mol. The molecular formula is C17H18F3NO2. The summed E-state index contributed by atoms with van der Waals surface area (Å²) in [4.78, 5) is 0. The zero-order valence-electron chi connectivity index (χ0n) is 12.6. The standard InChI is InChI=1S/C17H18F3NO2/c1-11-5-4-6-12(16(11)23-17(19)20)9-21-10-15(22)13-7-2-3-8-14(13)18/h2-8,15,17,21-22H,9-10H2,1H3. The SMILES string of the molecule is Cc1cccc(CNCC(O)c2ccccc2F)c1OC(F)F. The molecular weight excluding hydrogens is 307 g/mol. The molecule has 2 aromatic carbocycles. The number of ether oxygens (including phenoxy) is 1. The molecule has 6 heteroatoms. The molecule has 0 aliphatic rings. The number of aryl methyl sites for hydroxylation is 1. The van der Waals surface area contributed by atoms with E-state index in [0.717, 1.165) is 0 Å². The van der Waals surface area contributed by atoms with Gasteiger partial charge in [0, 0.05) is 24.2 Å². The summed E-state index contributed by atoms with van der Waals surface area (Å²) >= 11 is 0. The first-order valence-corrected chi connectivity index (χ1v) is 7.15. The summed E-state index contributed by atoms with van der Waals surface area (Å²) in [6.45, 7) is -0.924. The summed E-state index contributed by atoms with van der Waals surface area (Å²) in [5, 5.41) is 12.9. The Bertz CT molecular complexity index is 649. The second-order valence-electron chi connectivity index (χ2n) is 5.11. The molecule has 1 atom stereocenters. The van der Waals surface area contributed by atoms with Crippen LogP contribution in [0.4, 0.5) is 13.2 Å². The smallest absolute Gasteiger partial charge is 0.387 e. The molecule has 0 aliphatic heterocycles. The van der Waals surface area contributed by atoms with Crippen molar-refractivity contribution in [1.29, 1.82) is 0 Å². The number of benzene rings is 2. The van der Waals surface area contributed by atoms with Crippen LogP contribution in [0.5, 0.6) is 5.75 Å². The highest BCUT2D eigenvalue weighted by molar-refractivity contribution is 5.40. The predicted octanol–water partition coefficient (Wildman–Crippen LogP) is 3.56. The van der Waals surface area contributed by atoms with E-state index in [1.165, 1.54) is 12.1 Å². The average Bonchev–Trinajstić information content (AvgIpc) is 2.50. The van der Waals surface area contributed by atoms with E-state index in [1.54, 1.807) is 37.3 Å². The summed E-state index contributed by atoms with van der Waals surface area (Å²) in [5.41, 5.74) is 1.33. The molecule has 1 unspecified atom stereocenters. The van der Waals surface area contributed by atoms with Crippen molar-refractivity contribution in [1.82, 2.24) is 5.32 Å². The van der Waals surface area contributed by atoms with Crippen LogP contribution in [-0.2, 0) is 6.54 Å². The first-order valence-electron chi connectivity index (χ1n) is 7.15. The third-order valence-corrected chi connectivity index (χ3v) is 3.42. The zero-order valence-corrected chi connectivity index (χ0v) is 12.6. The lowest BCUT2D eigenvalue weighted by Crippen LogP contribution is -2.22. The fraction of sp³-hybridized carbons (Fsp3) is 0.294. The third-order valence-electron chi connectivity index (χ3n) is 3.42. The lowest BCUT2D eigenvalue weighted by Gasteiger charge is -2.16. The van der Waals surface area contributed by atoms with Crippen molar-refractivity contribution in [2.75, 3.05) is 6.54 Å². The third kappa shape index (κ3) is 4.71. The first kappa shape index (κ1) is 17.3. The van der Waals surface area contributed by atoms with Gasteiger partial charge in [-0.2, -0.15) is 8.78 Å². The molecule has 23 heavy (non-hydrogen) atoms. The molecule has 0 saturated carbocycles. The van der Waals surface area contributed by atoms with Gasteiger partial charge in [0.05, 0.1) is 6.10 Å². The van der Waals surface area contributed by atoms with Crippen LogP contribution < -0.4 is 10.1 Å². The average molecular weight is 325 g/mol. The minimum Gasteiger partial charge on any atom is -0.434 e. The topological polar surface area (TPSA) is 41.5 Å². The molecule has 2 N–H and O–H groups in total. The summed E-state index contributed by atoms with van der Waals surface area (Å²) in [7, 11) is 0. The molecule has 2 rings (SSSR count). The van der Waals surface area contributed by atoms with Gasteiger partial charge >= 0.3 is 6.61 Å². The van der Waals surface area contributed by atoms with Crippen LogP contribution in [0.2, 0.25) is 0 Å². The number of hydrogen-bond donors (Lipinski definition) is 2. The quantitative estimate of drug-likeness (QED) is 0.818. The highest BCUT2D eigenvalue weighted by atomic mass is 19.3. The molecule has 0 bridgehead atoms. The molecule has 0 aliphatic carbocycles. The van der Waals surface area contributed by atoms with E-state index < -0.39 is 18.5 Å². The Labute approximate surface area is 132 Å². The van der Waals surface area contributed by atoms with Crippen LogP contribution in [0, 0.1) is 12.7 Å². The number of nitrogens with one attached hydrogen (secondary N) is 1. The van der Waals surface area contributed by atoms with Crippen molar-refractivity contribution in [3.63, 3.8) is 0 Å². The molecule has 0 fully saturated rings. The summed E-state index contributed by atoms with van der Waals surface area (Å²) < 4.78 is 43.0. The van der Waals surface area contributed by atoms with Crippen LogP contribution in [0.15, 0.2) is 42.5 Å². The van der Waals surface area contributed by atoms with Gasteiger partial charge in [-0.25, -0.2) is 4.39 Å². The number of hydrogen-bond acceptors (Lipinski definition) is 3. The Kier molecular flexibility index (Phi) is 6.01. The number of halogens is 3. The second-order valence-corrected chi connectivity index (χ2v) is 5.11. The van der Waals surface area contributed by atoms with Crippen LogP contribution in [0.25, 0.3) is 0 Å². The van der Waals surface area contributed by atoms with Gasteiger partial charge in [-0.15, -0.1) is 0 Å². The molecule has 124 valence electrons. The number of para-hydroxylation sites is 1. The number of rotatable bonds is 7. The maximum absolute atomic E-state index is 13.6. The summed E-state index contributed by atoms with van der Waals surface area (Å²) in [6.07, 6.45) is -1.03. The minimum absolute atomic E-state index is 0.0863. The molecule has 0 aromatic heterocycles. The monoisotopic (exact) mass is 325 g/mol. The van der Waals surface area contributed by atoms with Crippen molar-refractivity contribution >= 4 is 0 Å². The van der Waals surface area contributed by atoms with Gasteiger partial charge in [0.1, 0.15) is 11.6 Å². The van der Waals surface area contributed by atoms with E-state index in [1.807, 2.05) is 0 Å². The number of aliphatic hydroxyl groups excluding tert-OH is 1. The van der Waals surface area contributed by atoms with Crippen molar-refractivity contribution in [3.05, 3.63) is 65.0 Å². The van der Waals surface area contributed by atoms with E-state index in [9.17, 15) is 18.3 Å². The molecule has 3 nitrogen and oxygen atoms in total. The van der Waals surface area contributed by atoms with E-state index >= 15 is 0 Å². The Morgan fingerprint density at radius 2 is 1.87 bits per heavy atom. The Balaban J connectivity index is 1.99. The van der Waals surface area contributed by atoms with E-state index in [2.05, 4.69) is 10.1 Å². The molecule has 0 radical (unpaired) electrons.